The van der Waals surface area contributed by atoms with E-state index in [-0.39, 0.29) is 5.97 Å². The number of unbranched alkanes of at least 4 members (excludes halogenated alkanes) is 47. The second-order valence-corrected chi connectivity index (χ2v) is 18.6. The summed E-state index contributed by atoms with van der Waals surface area (Å²) in [5.74, 6) is 0.0325. The Hall–Kier alpha value is -0.530. The first-order valence-corrected chi connectivity index (χ1v) is 27.0. The van der Waals surface area contributed by atoms with Crippen molar-refractivity contribution in [3.05, 3.63) is 0 Å². The molecule has 0 N–H and O–H groups in total. The van der Waals surface area contributed by atoms with E-state index in [9.17, 15) is 4.79 Å². The van der Waals surface area contributed by atoms with Crippen molar-refractivity contribution >= 4 is 5.97 Å². The summed E-state index contributed by atoms with van der Waals surface area (Å²) >= 11 is 0. The molecule has 0 aromatic rings. The van der Waals surface area contributed by atoms with Gasteiger partial charge in [-0.1, -0.05) is 316 Å². The summed E-state index contributed by atoms with van der Waals surface area (Å²) in [6, 6.07) is 0. The quantitative estimate of drug-likeness (QED) is 0.0453. The zero-order valence-electron chi connectivity index (χ0n) is 39.4. The fourth-order valence-corrected chi connectivity index (χ4v) is 8.73. The van der Waals surface area contributed by atoms with Crippen LogP contribution in [0.15, 0.2) is 0 Å². The molecule has 0 atom stereocenters. The van der Waals surface area contributed by atoms with Crippen LogP contribution >= 0.6 is 0 Å². The number of esters is 1. The molecule has 0 aromatic heterocycles. The third kappa shape index (κ3) is 51.5. The van der Waals surface area contributed by atoms with Crippen molar-refractivity contribution in [1.82, 2.24) is 0 Å². The molecule has 0 amide bonds. The van der Waals surface area contributed by atoms with Crippen molar-refractivity contribution in [3.8, 4) is 0 Å². The standard InChI is InChI=1S/C54H108O2/c1-3-5-7-9-11-13-15-17-18-19-20-21-22-23-24-25-26-27-28-29-30-31-32-33-34-35-36-37-38-39-40-42-44-46-48-50-52-54(55)56-53-51-49-47-45-43-41-16-14-12-10-8-6-4-2/h3-53H2,1-2H3. The van der Waals surface area contributed by atoms with Gasteiger partial charge in [0.15, 0.2) is 0 Å². The highest BCUT2D eigenvalue weighted by Gasteiger charge is 2.03. The Bertz CT molecular complexity index is 688. The molecule has 2 heteroatoms. The molecule has 0 rings (SSSR count). The molecule has 56 heavy (non-hydrogen) atoms. The highest BCUT2D eigenvalue weighted by atomic mass is 16.5. The molecule has 0 bridgehead atoms. The first-order chi connectivity index (χ1) is 27.8. The van der Waals surface area contributed by atoms with Crippen LogP contribution in [-0.2, 0) is 9.53 Å². The van der Waals surface area contributed by atoms with Crippen molar-refractivity contribution in [1.29, 1.82) is 0 Å². The van der Waals surface area contributed by atoms with Crippen LogP contribution in [0.4, 0.5) is 0 Å². The van der Waals surface area contributed by atoms with Gasteiger partial charge in [-0.05, 0) is 12.8 Å². The molecule has 0 saturated carbocycles. The number of carbonyl (C=O) groups excluding carboxylic acids is 1. The summed E-state index contributed by atoms with van der Waals surface area (Å²) in [5.41, 5.74) is 0. The Morgan fingerprint density at radius 2 is 0.393 bits per heavy atom. The predicted molar refractivity (Wildman–Crippen MR) is 253 cm³/mol. The summed E-state index contributed by atoms with van der Waals surface area (Å²) in [4.78, 5) is 12.0. The van der Waals surface area contributed by atoms with Crippen molar-refractivity contribution in [2.45, 2.75) is 335 Å². The highest BCUT2D eigenvalue weighted by molar-refractivity contribution is 5.69. The third-order valence-corrected chi connectivity index (χ3v) is 12.7. The summed E-state index contributed by atoms with van der Waals surface area (Å²) in [5, 5.41) is 0. The van der Waals surface area contributed by atoms with E-state index in [1.807, 2.05) is 0 Å². The Balaban J connectivity index is 3.12. The fraction of sp³-hybridized carbons (Fsp3) is 0.981. The summed E-state index contributed by atoms with van der Waals surface area (Å²) < 4.78 is 5.48. The lowest BCUT2D eigenvalue weighted by atomic mass is 10.0. The minimum atomic E-state index is 0.0325. The summed E-state index contributed by atoms with van der Waals surface area (Å²) in [6.07, 6.45) is 69.9. The van der Waals surface area contributed by atoms with Gasteiger partial charge in [-0.3, -0.25) is 4.79 Å². The second-order valence-electron chi connectivity index (χ2n) is 18.6. The van der Waals surface area contributed by atoms with Crippen LogP contribution in [0, 0.1) is 0 Å². The van der Waals surface area contributed by atoms with Crippen molar-refractivity contribution in [2.75, 3.05) is 6.61 Å². The molecular formula is C54H108O2. The fourth-order valence-electron chi connectivity index (χ4n) is 8.73. The minimum Gasteiger partial charge on any atom is -0.466 e. The monoisotopic (exact) mass is 789 g/mol. The van der Waals surface area contributed by atoms with Gasteiger partial charge in [0, 0.05) is 6.42 Å². The zero-order valence-corrected chi connectivity index (χ0v) is 39.4. The zero-order chi connectivity index (χ0) is 40.3. The van der Waals surface area contributed by atoms with Gasteiger partial charge in [0.25, 0.3) is 0 Å². The van der Waals surface area contributed by atoms with Crippen LogP contribution < -0.4 is 0 Å². The van der Waals surface area contributed by atoms with Crippen LogP contribution in [-0.4, -0.2) is 12.6 Å². The lowest BCUT2D eigenvalue weighted by Gasteiger charge is -2.06. The molecular weight excluding hydrogens is 681 g/mol. The van der Waals surface area contributed by atoms with Gasteiger partial charge in [0.2, 0.25) is 0 Å². The molecule has 0 aliphatic heterocycles. The van der Waals surface area contributed by atoms with E-state index in [4.69, 9.17) is 4.74 Å². The first kappa shape index (κ1) is 55.5. The van der Waals surface area contributed by atoms with Crippen LogP contribution in [0.5, 0.6) is 0 Å². The lowest BCUT2D eigenvalue weighted by molar-refractivity contribution is -0.143. The topological polar surface area (TPSA) is 26.3 Å². The molecule has 0 unspecified atom stereocenters. The Kier molecular flexibility index (Phi) is 52.0. The molecule has 0 fully saturated rings. The molecule has 0 radical (unpaired) electrons. The molecule has 0 spiro atoms. The average molecular weight is 789 g/mol. The van der Waals surface area contributed by atoms with Crippen LogP contribution in [0.1, 0.15) is 335 Å². The molecule has 0 heterocycles. The van der Waals surface area contributed by atoms with E-state index in [0.717, 1.165) is 12.8 Å². The highest BCUT2D eigenvalue weighted by Crippen LogP contribution is 2.18. The number of hydrogen-bond donors (Lipinski definition) is 0. The van der Waals surface area contributed by atoms with Crippen molar-refractivity contribution in [2.24, 2.45) is 0 Å². The van der Waals surface area contributed by atoms with Gasteiger partial charge in [-0.15, -0.1) is 0 Å². The van der Waals surface area contributed by atoms with Crippen LogP contribution in [0.25, 0.3) is 0 Å². The van der Waals surface area contributed by atoms with Crippen molar-refractivity contribution in [3.63, 3.8) is 0 Å². The largest absolute Gasteiger partial charge is 0.466 e. The van der Waals surface area contributed by atoms with E-state index in [1.165, 1.54) is 302 Å². The summed E-state index contributed by atoms with van der Waals surface area (Å²) in [7, 11) is 0. The Labute approximate surface area is 355 Å². The molecule has 0 saturated heterocycles. The lowest BCUT2D eigenvalue weighted by Crippen LogP contribution is -2.05. The normalized spacial score (nSPS) is 11.5. The van der Waals surface area contributed by atoms with E-state index in [0.29, 0.717) is 13.0 Å². The van der Waals surface area contributed by atoms with Crippen molar-refractivity contribution < 1.29 is 9.53 Å². The van der Waals surface area contributed by atoms with Gasteiger partial charge in [-0.2, -0.15) is 0 Å². The number of hydrogen-bond acceptors (Lipinski definition) is 2. The van der Waals surface area contributed by atoms with Gasteiger partial charge >= 0.3 is 5.97 Å². The maximum Gasteiger partial charge on any atom is 0.305 e. The van der Waals surface area contributed by atoms with Gasteiger partial charge in [-0.25, -0.2) is 0 Å². The minimum absolute atomic E-state index is 0.0325. The van der Waals surface area contributed by atoms with Crippen LogP contribution in [0.2, 0.25) is 0 Å². The van der Waals surface area contributed by atoms with E-state index in [1.54, 1.807) is 0 Å². The van der Waals surface area contributed by atoms with E-state index < -0.39 is 0 Å². The molecule has 336 valence electrons. The molecule has 0 aliphatic carbocycles. The predicted octanol–water partition coefficient (Wildman–Crippen LogP) is 20.1. The number of carbonyl (C=O) groups is 1. The SMILES string of the molecule is CCCCCCCCCCCCCCCCCCCCCCCCCCCCCCCCCCCCCCC(=O)OCCCCCCCCCCCCCCC. The van der Waals surface area contributed by atoms with E-state index >= 15 is 0 Å². The maximum absolute atomic E-state index is 12.0. The Morgan fingerprint density at radius 3 is 0.589 bits per heavy atom. The molecule has 0 aliphatic rings. The molecule has 0 aromatic carbocycles. The number of rotatable bonds is 51. The van der Waals surface area contributed by atoms with Crippen LogP contribution in [0.3, 0.4) is 0 Å². The third-order valence-electron chi connectivity index (χ3n) is 12.7. The maximum atomic E-state index is 12.0. The van der Waals surface area contributed by atoms with Gasteiger partial charge < -0.3 is 4.74 Å². The molecule has 2 nitrogen and oxygen atoms in total. The van der Waals surface area contributed by atoms with Gasteiger partial charge in [0.1, 0.15) is 0 Å². The number of ether oxygens (including phenoxy) is 1. The second kappa shape index (κ2) is 52.5. The Morgan fingerprint density at radius 1 is 0.232 bits per heavy atom. The average Bonchev–Trinajstić information content (AvgIpc) is 3.20. The van der Waals surface area contributed by atoms with E-state index in [2.05, 4.69) is 13.8 Å². The first-order valence-electron chi connectivity index (χ1n) is 27.0. The smallest absolute Gasteiger partial charge is 0.305 e. The summed E-state index contributed by atoms with van der Waals surface area (Å²) in [6.45, 7) is 5.23. The van der Waals surface area contributed by atoms with Gasteiger partial charge in [0.05, 0.1) is 6.61 Å².